The van der Waals surface area contributed by atoms with Gasteiger partial charge in [-0.3, -0.25) is 0 Å². The van der Waals surface area contributed by atoms with Gasteiger partial charge in [-0.2, -0.15) is 0 Å². The number of benzene rings is 1. The third-order valence-corrected chi connectivity index (χ3v) is 3.23. The zero-order valence-corrected chi connectivity index (χ0v) is 12.6. The minimum atomic E-state index is -0.123. The fourth-order valence-corrected chi connectivity index (χ4v) is 2.39. The van der Waals surface area contributed by atoms with E-state index in [0.29, 0.717) is 6.04 Å². The van der Waals surface area contributed by atoms with Gasteiger partial charge >= 0.3 is 0 Å². The molecule has 0 aliphatic heterocycles. The van der Waals surface area contributed by atoms with Crippen LogP contribution in [0.25, 0.3) is 0 Å². The van der Waals surface area contributed by atoms with Crippen molar-refractivity contribution in [2.75, 3.05) is 7.05 Å². The molecule has 0 saturated heterocycles. The summed E-state index contributed by atoms with van der Waals surface area (Å²) in [5.41, 5.74) is 1.01. The summed E-state index contributed by atoms with van der Waals surface area (Å²) in [6, 6.07) is 5.42. The molecule has 17 heavy (non-hydrogen) atoms. The lowest BCUT2D eigenvalue weighted by Gasteiger charge is -2.26. The topological polar surface area (TPSA) is 12.0 Å². The second-order valence-electron chi connectivity index (χ2n) is 5.69. The Labute approximate surface area is 112 Å². The van der Waals surface area contributed by atoms with Crippen molar-refractivity contribution in [1.82, 2.24) is 5.32 Å². The predicted octanol–water partition coefficient (Wildman–Crippen LogP) is 4.15. The standard InChI is InChI=1S/C14H21BrFN/c1-14(2,3)9-12(17-4)8-10-7-11(15)5-6-13(10)16/h5-7,12,17H,8-9H2,1-4H3. The number of hydrogen-bond acceptors (Lipinski definition) is 1. The Balaban J connectivity index is 2.77. The number of rotatable bonds is 4. The molecule has 1 unspecified atom stereocenters. The van der Waals surface area contributed by atoms with Gasteiger partial charge in [0.15, 0.2) is 0 Å². The Hall–Kier alpha value is -0.410. The van der Waals surface area contributed by atoms with Crippen LogP contribution in [0.5, 0.6) is 0 Å². The molecule has 0 heterocycles. The molecular formula is C14H21BrFN. The van der Waals surface area contributed by atoms with E-state index in [0.717, 1.165) is 22.9 Å². The van der Waals surface area contributed by atoms with Crippen molar-refractivity contribution in [3.63, 3.8) is 0 Å². The van der Waals surface area contributed by atoms with Crippen LogP contribution in [0.1, 0.15) is 32.8 Å². The molecule has 1 aromatic rings. The van der Waals surface area contributed by atoms with Crippen LogP contribution in [0, 0.1) is 11.2 Å². The summed E-state index contributed by atoms with van der Waals surface area (Å²) < 4.78 is 14.6. The minimum absolute atomic E-state index is 0.123. The predicted molar refractivity (Wildman–Crippen MR) is 74.7 cm³/mol. The lowest BCUT2D eigenvalue weighted by atomic mass is 9.86. The monoisotopic (exact) mass is 301 g/mol. The molecule has 0 aliphatic carbocycles. The molecule has 1 aromatic carbocycles. The van der Waals surface area contributed by atoms with Gasteiger partial charge in [-0.15, -0.1) is 0 Å². The Morgan fingerprint density at radius 3 is 2.53 bits per heavy atom. The molecule has 1 nitrogen and oxygen atoms in total. The molecule has 0 amide bonds. The number of nitrogens with one attached hydrogen (secondary N) is 1. The van der Waals surface area contributed by atoms with Crippen LogP contribution in [0.2, 0.25) is 0 Å². The SMILES string of the molecule is CNC(Cc1cc(Br)ccc1F)CC(C)(C)C. The van der Waals surface area contributed by atoms with Crippen molar-refractivity contribution in [3.05, 3.63) is 34.1 Å². The third-order valence-electron chi connectivity index (χ3n) is 2.74. The molecule has 0 saturated carbocycles. The van der Waals surface area contributed by atoms with Gasteiger partial charge in [0.1, 0.15) is 5.82 Å². The Morgan fingerprint density at radius 1 is 1.35 bits per heavy atom. The first-order valence-electron chi connectivity index (χ1n) is 5.93. The van der Waals surface area contributed by atoms with Crippen LogP contribution in [0.3, 0.4) is 0 Å². The highest BCUT2D eigenvalue weighted by Crippen LogP contribution is 2.24. The van der Waals surface area contributed by atoms with Crippen LogP contribution in [-0.4, -0.2) is 13.1 Å². The molecule has 1 rings (SSSR count). The second kappa shape index (κ2) is 5.96. The molecule has 96 valence electrons. The second-order valence-corrected chi connectivity index (χ2v) is 6.61. The maximum Gasteiger partial charge on any atom is 0.126 e. The highest BCUT2D eigenvalue weighted by Gasteiger charge is 2.18. The fraction of sp³-hybridized carbons (Fsp3) is 0.571. The first-order chi connectivity index (χ1) is 7.81. The van der Waals surface area contributed by atoms with Crippen LogP contribution >= 0.6 is 15.9 Å². The molecule has 0 fully saturated rings. The van der Waals surface area contributed by atoms with Crippen molar-refractivity contribution >= 4 is 15.9 Å². The normalized spacial score (nSPS) is 13.8. The lowest BCUT2D eigenvalue weighted by Crippen LogP contribution is -2.32. The van der Waals surface area contributed by atoms with Gasteiger partial charge in [-0.1, -0.05) is 36.7 Å². The highest BCUT2D eigenvalue weighted by molar-refractivity contribution is 9.10. The molecule has 0 aromatic heterocycles. The summed E-state index contributed by atoms with van der Waals surface area (Å²) in [5, 5.41) is 3.27. The van der Waals surface area contributed by atoms with Gasteiger partial charge < -0.3 is 5.32 Å². The van der Waals surface area contributed by atoms with Crippen molar-refractivity contribution in [1.29, 1.82) is 0 Å². The van der Waals surface area contributed by atoms with E-state index in [2.05, 4.69) is 42.0 Å². The molecule has 0 spiro atoms. The molecule has 1 atom stereocenters. The molecular weight excluding hydrogens is 281 g/mol. The first-order valence-corrected chi connectivity index (χ1v) is 6.72. The summed E-state index contributed by atoms with van der Waals surface area (Å²) in [6.45, 7) is 6.61. The van der Waals surface area contributed by atoms with Gasteiger partial charge in [0.2, 0.25) is 0 Å². The van der Waals surface area contributed by atoms with Gasteiger partial charge in [-0.25, -0.2) is 4.39 Å². The lowest BCUT2D eigenvalue weighted by molar-refractivity contribution is 0.314. The van der Waals surface area contributed by atoms with Crippen molar-refractivity contribution in [2.24, 2.45) is 5.41 Å². The zero-order valence-electron chi connectivity index (χ0n) is 11.0. The molecule has 0 aliphatic rings. The molecule has 0 bridgehead atoms. The average Bonchev–Trinajstić information content (AvgIpc) is 2.20. The van der Waals surface area contributed by atoms with E-state index >= 15 is 0 Å². The largest absolute Gasteiger partial charge is 0.317 e. The summed E-state index contributed by atoms with van der Waals surface area (Å²) in [6.07, 6.45) is 1.74. The number of halogens is 2. The Kier molecular flexibility index (Phi) is 5.14. The maximum atomic E-state index is 13.7. The van der Waals surface area contributed by atoms with E-state index in [4.69, 9.17) is 0 Å². The molecule has 3 heteroatoms. The summed E-state index contributed by atoms with van der Waals surface area (Å²) in [4.78, 5) is 0. The van der Waals surface area contributed by atoms with Crippen LogP contribution in [-0.2, 0) is 6.42 Å². The molecule has 1 N–H and O–H groups in total. The van der Waals surface area contributed by atoms with Gasteiger partial charge in [-0.05, 0) is 49.1 Å². The zero-order chi connectivity index (χ0) is 13.1. The van der Waals surface area contributed by atoms with Crippen molar-refractivity contribution in [3.8, 4) is 0 Å². The summed E-state index contributed by atoms with van der Waals surface area (Å²) >= 11 is 3.38. The quantitative estimate of drug-likeness (QED) is 0.881. The van der Waals surface area contributed by atoms with Crippen molar-refractivity contribution < 1.29 is 4.39 Å². The average molecular weight is 302 g/mol. The van der Waals surface area contributed by atoms with Crippen LogP contribution in [0.4, 0.5) is 4.39 Å². The fourth-order valence-electron chi connectivity index (χ4n) is 1.98. The summed E-state index contributed by atoms with van der Waals surface area (Å²) in [7, 11) is 1.94. The summed E-state index contributed by atoms with van der Waals surface area (Å²) in [5.74, 6) is -0.123. The van der Waals surface area contributed by atoms with Gasteiger partial charge in [0.25, 0.3) is 0 Å². The van der Waals surface area contributed by atoms with E-state index in [1.165, 1.54) is 6.07 Å². The van der Waals surface area contributed by atoms with Gasteiger partial charge in [0, 0.05) is 10.5 Å². The van der Waals surface area contributed by atoms with Crippen molar-refractivity contribution in [2.45, 2.75) is 39.7 Å². The first kappa shape index (κ1) is 14.7. The Morgan fingerprint density at radius 2 is 2.00 bits per heavy atom. The van der Waals surface area contributed by atoms with E-state index in [9.17, 15) is 4.39 Å². The number of likely N-dealkylation sites (N-methyl/N-ethyl adjacent to an activating group) is 1. The van der Waals surface area contributed by atoms with Crippen LogP contribution in [0.15, 0.2) is 22.7 Å². The highest BCUT2D eigenvalue weighted by atomic mass is 79.9. The van der Waals surface area contributed by atoms with Crippen LogP contribution < -0.4 is 5.32 Å². The smallest absolute Gasteiger partial charge is 0.126 e. The van der Waals surface area contributed by atoms with E-state index in [1.54, 1.807) is 6.07 Å². The van der Waals surface area contributed by atoms with E-state index < -0.39 is 0 Å². The molecule has 0 radical (unpaired) electrons. The minimum Gasteiger partial charge on any atom is -0.317 e. The van der Waals surface area contributed by atoms with E-state index in [1.807, 2.05) is 13.1 Å². The van der Waals surface area contributed by atoms with Gasteiger partial charge in [0.05, 0.1) is 0 Å². The number of hydrogen-bond donors (Lipinski definition) is 1. The maximum absolute atomic E-state index is 13.7. The Bertz CT molecular complexity index is 371. The van der Waals surface area contributed by atoms with E-state index in [-0.39, 0.29) is 11.2 Å². The third kappa shape index (κ3) is 5.17.